The van der Waals surface area contributed by atoms with Gasteiger partial charge in [-0.25, -0.2) is 9.59 Å². The van der Waals surface area contributed by atoms with E-state index in [0.29, 0.717) is 5.39 Å². The molecule has 0 aliphatic carbocycles. The summed E-state index contributed by atoms with van der Waals surface area (Å²) in [4.78, 5) is 21.7. The van der Waals surface area contributed by atoms with Crippen LogP contribution in [-0.4, -0.2) is 11.1 Å². The molecule has 2 rings (SSSR count). The molecule has 4 nitrogen and oxygen atoms in total. The zero-order valence-electron chi connectivity index (χ0n) is 7.06. The van der Waals surface area contributed by atoms with Gasteiger partial charge in [0.15, 0.2) is 5.58 Å². The minimum Gasteiger partial charge on any atom is -0.478 e. The Kier molecular flexibility index (Phi) is 1.81. The van der Waals surface area contributed by atoms with Gasteiger partial charge in [-0.2, -0.15) is 0 Å². The van der Waals surface area contributed by atoms with Crippen LogP contribution in [0.4, 0.5) is 0 Å². The van der Waals surface area contributed by atoms with E-state index in [1.807, 2.05) is 0 Å². The molecule has 1 N–H and O–H groups in total. The van der Waals surface area contributed by atoms with Gasteiger partial charge in [0.1, 0.15) is 5.56 Å². The summed E-state index contributed by atoms with van der Waals surface area (Å²) < 4.78 is 4.82. The van der Waals surface area contributed by atoms with E-state index in [9.17, 15) is 9.59 Å². The standard InChI is InChI=1S/C10H6O4/c11-8-5-4-6-2-1-3-7(10(12)13)9(6)14-8/h1-5H,(H,12,13). The lowest BCUT2D eigenvalue weighted by Gasteiger charge is -1.98. The van der Waals surface area contributed by atoms with Crippen LogP contribution < -0.4 is 5.63 Å². The molecule has 0 fully saturated rings. The van der Waals surface area contributed by atoms with Crippen molar-refractivity contribution in [2.24, 2.45) is 0 Å². The first-order chi connectivity index (χ1) is 6.68. The third kappa shape index (κ3) is 1.26. The number of carbonyl (C=O) groups is 1. The zero-order chi connectivity index (χ0) is 10.1. The molecule has 1 aromatic carbocycles. The van der Waals surface area contributed by atoms with Crippen LogP contribution in [0.25, 0.3) is 11.0 Å². The number of benzene rings is 1. The predicted octanol–water partition coefficient (Wildman–Crippen LogP) is 1.49. The fourth-order valence-electron chi connectivity index (χ4n) is 1.26. The lowest BCUT2D eigenvalue weighted by molar-refractivity contribution is 0.0697. The molecule has 0 unspecified atom stereocenters. The molecule has 1 aromatic heterocycles. The van der Waals surface area contributed by atoms with Crippen molar-refractivity contribution in [3.05, 3.63) is 46.3 Å². The molecular formula is C10H6O4. The summed E-state index contributed by atoms with van der Waals surface area (Å²) in [7, 11) is 0. The fourth-order valence-corrected chi connectivity index (χ4v) is 1.26. The number of carboxylic acid groups (broad SMARTS) is 1. The Morgan fingerprint density at radius 3 is 2.71 bits per heavy atom. The Balaban J connectivity index is 2.91. The largest absolute Gasteiger partial charge is 0.478 e. The topological polar surface area (TPSA) is 67.5 Å². The van der Waals surface area contributed by atoms with E-state index in [1.54, 1.807) is 12.1 Å². The van der Waals surface area contributed by atoms with Crippen LogP contribution in [-0.2, 0) is 0 Å². The molecule has 0 aliphatic heterocycles. The molecule has 0 bridgehead atoms. The summed E-state index contributed by atoms with van der Waals surface area (Å²) in [5.41, 5.74) is -0.432. The van der Waals surface area contributed by atoms with E-state index in [0.717, 1.165) is 0 Å². The van der Waals surface area contributed by atoms with Crippen LogP contribution in [0.3, 0.4) is 0 Å². The summed E-state index contributed by atoms with van der Waals surface area (Å²) >= 11 is 0. The van der Waals surface area contributed by atoms with Crippen molar-refractivity contribution in [1.82, 2.24) is 0 Å². The highest BCUT2D eigenvalue weighted by Gasteiger charge is 2.09. The van der Waals surface area contributed by atoms with Crippen LogP contribution in [0, 0.1) is 0 Å². The molecule has 1 heterocycles. The first kappa shape index (κ1) is 8.50. The Bertz CT molecular complexity index is 553. The van der Waals surface area contributed by atoms with Gasteiger partial charge in [-0.05, 0) is 12.1 Å². The van der Waals surface area contributed by atoms with Gasteiger partial charge >= 0.3 is 11.6 Å². The molecule has 4 heteroatoms. The zero-order valence-corrected chi connectivity index (χ0v) is 7.06. The third-order valence-corrected chi connectivity index (χ3v) is 1.88. The molecule has 2 aromatic rings. The molecule has 0 atom stereocenters. The number of carboxylic acids is 1. The highest BCUT2D eigenvalue weighted by Crippen LogP contribution is 2.16. The average molecular weight is 190 g/mol. The van der Waals surface area contributed by atoms with Gasteiger partial charge in [-0.3, -0.25) is 0 Å². The van der Waals surface area contributed by atoms with E-state index in [1.165, 1.54) is 18.2 Å². The molecule has 70 valence electrons. The fraction of sp³-hybridized carbons (Fsp3) is 0. The Morgan fingerprint density at radius 2 is 2.00 bits per heavy atom. The van der Waals surface area contributed by atoms with Crippen molar-refractivity contribution < 1.29 is 14.3 Å². The van der Waals surface area contributed by atoms with Gasteiger partial charge < -0.3 is 9.52 Å². The SMILES string of the molecule is O=C(O)c1cccc2ccc(=O)oc12. The van der Waals surface area contributed by atoms with Crippen molar-refractivity contribution in [2.45, 2.75) is 0 Å². The summed E-state index contributed by atoms with van der Waals surface area (Å²) in [5.74, 6) is -1.11. The molecule has 0 saturated carbocycles. The second-order valence-electron chi connectivity index (χ2n) is 2.78. The highest BCUT2D eigenvalue weighted by atomic mass is 16.4. The van der Waals surface area contributed by atoms with Gasteiger partial charge in [0.2, 0.25) is 0 Å². The van der Waals surface area contributed by atoms with Crippen molar-refractivity contribution in [3.8, 4) is 0 Å². The van der Waals surface area contributed by atoms with Gasteiger partial charge in [0.25, 0.3) is 0 Å². The molecule has 0 amide bonds. The van der Waals surface area contributed by atoms with Crippen LogP contribution in [0.5, 0.6) is 0 Å². The molecule has 0 radical (unpaired) electrons. The van der Waals surface area contributed by atoms with Crippen LogP contribution in [0.15, 0.2) is 39.5 Å². The lowest BCUT2D eigenvalue weighted by Crippen LogP contribution is -2.01. The van der Waals surface area contributed by atoms with Crippen molar-refractivity contribution in [3.63, 3.8) is 0 Å². The highest BCUT2D eigenvalue weighted by molar-refractivity contribution is 6.00. The van der Waals surface area contributed by atoms with Gasteiger partial charge in [-0.15, -0.1) is 0 Å². The first-order valence-electron chi connectivity index (χ1n) is 3.94. The molecule has 14 heavy (non-hydrogen) atoms. The third-order valence-electron chi connectivity index (χ3n) is 1.88. The maximum atomic E-state index is 10.9. The number of rotatable bonds is 1. The normalized spacial score (nSPS) is 10.3. The molecule has 0 spiro atoms. The van der Waals surface area contributed by atoms with Gasteiger partial charge in [0.05, 0.1) is 0 Å². The Labute approximate surface area is 78.4 Å². The van der Waals surface area contributed by atoms with E-state index >= 15 is 0 Å². The van der Waals surface area contributed by atoms with Gasteiger partial charge in [0, 0.05) is 11.5 Å². The quantitative estimate of drug-likeness (QED) is 0.691. The minimum absolute atomic E-state index is 0.000185. The number of aromatic carboxylic acids is 1. The van der Waals surface area contributed by atoms with Crippen molar-refractivity contribution >= 4 is 16.9 Å². The van der Waals surface area contributed by atoms with Crippen molar-refractivity contribution in [1.29, 1.82) is 0 Å². The predicted molar refractivity (Wildman–Crippen MR) is 49.4 cm³/mol. The average Bonchev–Trinajstić information content (AvgIpc) is 2.16. The second-order valence-corrected chi connectivity index (χ2v) is 2.78. The van der Waals surface area contributed by atoms with E-state index < -0.39 is 11.6 Å². The maximum Gasteiger partial charge on any atom is 0.339 e. The minimum atomic E-state index is -1.11. The molecule has 0 saturated heterocycles. The second kappa shape index (κ2) is 2.99. The summed E-state index contributed by atoms with van der Waals surface area (Å²) in [6.45, 7) is 0. The smallest absolute Gasteiger partial charge is 0.339 e. The summed E-state index contributed by atoms with van der Waals surface area (Å²) in [5, 5.41) is 9.41. The number of para-hydroxylation sites is 1. The Morgan fingerprint density at radius 1 is 1.21 bits per heavy atom. The van der Waals surface area contributed by atoms with Crippen LogP contribution in [0.2, 0.25) is 0 Å². The first-order valence-corrected chi connectivity index (χ1v) is 3.94. The lowest BCUT2D eigenvalue weighted by atomic mass is 10.1. The van der Waals surface area contributed by atoms with E-state index in [4.69, 9.17) is 9.52 Å². The maximum absolute atomic E-state index is 10.9. The number of hydrogen-bond donors (Lipinski definition) is 1. The number of fused-ring (bicyclic) bond motifs is 1. The van der Waals surface area contributed by atoms with E-state index in [-0.39, 0.29) is 11.1 Å². The van der Waals surface area contributed by atoms with Crippen molar-refractivity contribution in [2.75, 3.05) is 0 Å². The molecule has 0 aliphatic rings. The van der Waals surface area contributed by atoms with Crippen LogP contribution >= 0.6 is 0 Å². The summed E-state index contributed by atoms with van der Waals surface area (Å²) in [6, 6.07) is 7.48. The molecular weight excluding hydrogens is 184 g/mol. The monoisotopic (exact) mass is 190 g/mol. The Hall–Kier alpha value is -2.10. The van der Waals surface area contributed by atoms with Gasteiger partial charge in [-0.1, -0.05) is 12.1 Å². The van der Waals surface area contributed by atoms with E-state index in [2.05, 4.69) is 0 Å². The number of hydrogen-bond acceptors (Lipinski definition) is 3. The summed E-state index contributed by atoms with van der Waals surface area (Å²) in [6.07, 6.45) is 0. The van der Waals surface area contributed by atoms with Crippen LogP contribution in [0.1, 0.15) is 10.4 Å².